The maximum absolute atomic E-state index is 13.1. The standard InChI is InChI=1S/C22H26N4O3S/c1-6-26-20(16-11-9-8-10-12-16)24-25-22(26)30-15(5)19(27)18-13(3)17(14(4)23-18)21(28)29-7-2/h8-12,15,23H,6-7H2,1-5H3. The second kappa shape index (κ2) is 9.30. The van der Waals surface area contributed by atoms with Crippen LogP contribution in [0.15, 0.2) is 35.5 Å². The molecule has 0 aliphatic carbocycles. The molecule has 1 unspecified atom stereocenters. The van der Waals surface area contributed by atoms with Crippen LogP contribution in [0.1, 0.15) is 52.9 Å². The Morgan fingerprint density at radius 3 is 2.50 bits per heavy atom. The third-order valence-electron chi connectivity index (χ3n) is 4.88. The summed E-state index contributed by atoms with van der Waals surface area (Å²) in [6.07, 6.45) is 0. The molecule has 0 saturated carbocycles. The molecule has 1 aromatic carbocycles. The summed E-state index contributed by atoms with van der Waals surface area (Å²) in [6.45, 7) is 10.1. The van der Waals surface area contributed by atoms with E-state index in [1.54, 1.807) is 20.8 Å². The number of hydrogen-bond acceptors (Lipinski definition) is 6. The number of benzene rings is 1. The second-order valence-corrected chi connectivity index (χ2v) is 8.19. The number of H-pyrrole nitrogens is 1. The molecule has 0 radical (unpaired) electrons. The summed E-state index contributed by atoms with van der Waals surface area (Å²) >= 11 is 1.36. The molecule has 2 aromatic heterocycles. The van der Waals surface area contributed by atoms with E-state index in [9.17, 15) is 9.59 Å². The largest absolute Gasteiger partial charge is 0.462 e. The monoisotopic (exact) mass is 426 g/mol. The van der Waals surface area contributed by atoms with Gasteiger partial charge in [-0.2, -0.15) is 0 Å². The summed E-state index contributed by atoms with van der Waals surface area (Å²) in [7, 11) is 0. The number of ether oxygens (including phenoxy) is 1. The van der Waals surface area contributed by atoms with E-state index < -0.39 is 11.2 Å². The fourth-order valence-corrected chi connectivity index (χ4v) is 4.35. The van der Waals surface area contributed by atoms with E-state index in [1.165, 1.54) is 11.8 Å². The fourth-order valence-electron chi connectivity index (χ4n) is 3.38. The number of hydrogen-bond donors (Lipinski definition) is 1. The van der Waals surface area contributed by atoms with Crippen molar-refractivity contribution in [3.05, 3.63) is 52.8 Å². The quantitative estimate of drug-likeness (QED) is 0.325. The number of aromatic amines is 1. The highest BCUT2D eigenvalue weighted by atomic mass is 32.2. The molecule has 3 aromatic rings. The Kier molecular flexibility index (Phi) is 6.77. The van der Waals surface area contributed by atoms with Gasteiger partial charge >= 0.3 is 5.97 Å². The maximum Gasteiger partial charge on any atom is 0.340 e. The molecule has 0 spiro atoms. The SMILES string of the molecule is CCOC(=O)c1c(C)[nH]c(C(=O)C(C)Sc2nnc(-c3ccccc3)n2CC)c1C. The average molecular weight is 427 g/mol. The molecule has 30 heavy (non-hydrogen) atoms. The minimum Gasteiger partial charge on any atom is -0.462 e. The summed E-state index contributed by atoms with van der Waals surface area (Å²) < 4.78 is 7.12. The molecule has 3 rings (SSSR count). The smallest absolute Gasteiger partial charge is 0.340 e. The van der Waals surface area contributed by atoms with Gasteiger partial charge in [-0.25, -0.2) is 4.79 Å². The highest BCUT2D eigenvalue weighted by molar-refractivity contribution is 8.00. The molecule has 7 nitrogen and oxygen atoms in total. The molecular weight excluding hydrogens is 400 g/mol. The number of ketones is 1. The van der Waals surface area contributed by atoms with Gasteiger partial charge in [0.25, 0.3) is 0 Å². The van der Waals surface area contributed by atoms with Crippen molar-refractivity contribution in [2.24, 2.45) is 0 Å². The van der Waals surface area contributed by atoms with E-state index in [2.05, 4.69) is 15.2 Å². The minimum absolute atomic E-state index is 0.0944. The first-order chi connectivity index (χ1) is 14.4. The van der Waals surface area contributed by atoms with Crippen LogP contribution < -0.4 is 0 Å². The van der Waals surface area contributed by atoms with Gasteiger partial charge in [0.15, 0.2) is 16.8 Å². The Morgan fingerprint density at radius 1 is 1.17 bits per heavy atom. The highest BCUT2D eigenvalue weighted by Gasteiger charge is 2.27. The number of nitrogens with one attached hydrogen (secondary N) is 1. The molecule has 0 aliphatic heterocycles. The van der Waals surface area contributed by atoms with Crippen molar-refractivity contribution >= 4 is 23.5 Å². The van der Waals surface area contributed by atoms with Crippen molar-refractivity contribution in [3.63, 3.8) is 0 Å². The van der Waals surface area contributed by atoms with Crippen LogP contribution in [0.4, 0.5) is 0 Å². The Labute approximate surface area is 180 Å². The summed E-state index contributed by atoms with van der Waals surface area (Å²) in [5, 5.41) is 8.93. The molecule has 0 aliphatic rings. The van der Waals surface area contributed by atoms with Gasteiger partial charge in [-0.15, -0.1) is 10.2 Å². The van der Waals surface area contributed by atoms with Gasteiger partial charge in [0, 0.05) is 17.8 Å². The lowest BCUT2D eigenvalue weighted by atomic mass is 10.1. The number of aryl methyl sites for hydroxylation is 1. The first-order valence-corrected chi connectivity index (χ1v) is 10.8. The molecule has 0 bridgehead atoms. The van der Waals surface area contributed by atoms with Gasteiger partial charge in [0.2, 0.25) is 0 Å². The zero-order chi connectivity index (χ0) is 21.8. The molecule has 2 heterocycles. The molecule has 158 valence electrons. The zero-order valence-corrected chi connectivity index (χ0v) is 18.7. The zero-order valence-electron chi connectivity index (χ0n) is 17.9. The first kappa shape index (κ1) is 21.8. The second-order valence-electron chi connectivity index (χ2n) is 6.89. The van der Waals surface area contributed by atoms with Crippen LogP contribution in [0, 0.1) is 13.8 Å². The molecular formula is C22H26N4O3S. The average Bonchev–Trinajstić information content (AvgIpc) is 3.27. The first-order valence-electron chi connectivity index (χ1n) is 9.94. The Balaban J connectivity index is 1.84. The number of thioether (sulfide) groups is 1. The molecule has 8 heteroatoms. The van der Waals surface area contributed by atoms with Gasteiger partial charge < -0.3 is 14.3 Å². The van der Waals surface area contributed by atoms with Crippen LogP contribution in [0.5, 0.6) is 0 Å². The number of nitrogens with zero attached hydrogens (tertiary/aromatic N) is 3. The number of rotatable bonds is 8. The summed E-state index contributed by atoms with van der Waals surface area (Å²) in [5.41, 5.74) is 3.09. The number of carbonyl (C=O) groups is 2. The lowest BCUT2D eigenvalue weighted by molar-refractivity contribution is 0.0525. The lowest BCUT2D eigenvalue weighted by Gasteiger charge is -2.11. The number of Topliss-reactive ketones (excluding diaryl/α,β-unsaturated/α-hetero) is 1. The van der Waals surface area contributed by atoms with Gasteiger partial charge in [0.05, 0.1) is 23.1 Å². The van der Waals surface area contributed by atoms with Crippen molar-refractivity contribution in [1.82, 2.24) is 19.7 Å². The summed E-state index contributed by atoms with van der Waals surface area (Å²) in [6, 6.07) is 9.85. The van der Waals surface area contributed by atoms with Crippen LogP contribution >= 0.6 is 11.8 Å². The number of carbonyl (C=O) groups excluding carboxylic acids is 2. The third kappa shape index (κ3) is 4.18. The van der Waals surface area contributed by atoms with E-state index >= 15 is 0 Å². The van der Waals surface area contributed by atoms with Crippen LogP contribution in [0.3, 0.4) is 0 Å². The summed E-state index contributed by atoms with van der Waals surface area (Å²) in [4.78, 5) is 28.4. The molecule has 0 amide bonds. The van der Waals surface area contributed by atoms with E-state index in [-0.39, 0.29) is 12.4 Å². The summed E-state index contributed by atoms with van der Waals surface area (Å²) in [5.74, 6) is 0.265. The lowest BCUT2D eigenvalue weighted by Crippen LogP contribution is -2.16. The van der Waals surface area contributed by atoms with Crippen LogP contribution in [0.25, 0.3) is 11.4 Å². The molecule has 0 fully saturated rings. The van der Waals surface area contributed by atoms with Crippen LogP contribution in [0.2, 0.25) is 0 Å². The van der Waals surface area contributed by atoms with Crippen molar-refractivity contribution in [2.45, 2.75) is 51.6 Å². The van der Waals surface area contributed by atoms with E-state index in [4.69, 9.17) is 4.74 Å². The molecule has 1 N–H and O–H groups in total. The van der Waals surface area contributed by atoms with Gasteiger partial charge in [-0.1, -0.05) is 42.1 Å². The van der Waals surface area contributed by atoms with Crippen LogP contribution in [-0.4, -0.2) is 43.4 Å². The Bertz CT molecular complexity index is 1060. The molecule has 0 saturated heterocycles. The van der Waals surface area contributed by atoms with E-state index in [1.807, 2.05) is 48.7 Å². The van der Waals surface area contributed by atoms with Crippen molar-refractivity contribution < 1.29 is 14.3 Å². The van der Waals surface area contributed by atoms with E-state index in [0.29, 0.717) is 34.2 Å². The van der Waals surface area contributed by atoms with Crippen molar-refractivity contribution in [1.29, 1.82) is 0 Å². The predicted octanol–water partition coefficient (Wildman–Crippen LogP) is 4.45. The predicted molar refractivity (Wildman–Crippen MR) is 117 cm³/mol. The highest BCUT2D eigenvalue weighted by Crippen LogP contribution is 2.29. The van der Waals surface area contributed by atoms with Gasteiger partial charge in [-0.3, -0.25) is 4.79 Å². The number of aromatic nitrogens is 4. The topological polar surface area (TPSA) is 89.9 Å². The van der Waals surface area contributed by atoms with Crippen molar-refractivity contribution in [3.8, 4) is 11.4 Å². The van der Waals surface area contributed by atoms with Gasteiger partial charge in [0.1, 0.15) is 0 Å². The maximum atomic E-state index is 13.1. The normalized spacial score (nSPS) is 12.0. The fraction of sp³-hybridized carbons (Fsp3) is 0.364. The molecule has 1 atom stereocenters. The van der Waals surface area contributed by atoms with Crippen LogP contribution in [-0.2, 0) is 11.3 Å². The third-order valence-corrected chi connectivity index (χ3v) is 5.96. The van der Waals surface area contributed by atoms with Crippen molar-refractivity contribution in [2.75, 3.05) is 6.61 Å². The van der Waals surface area contributed by atoms with Gasteiger partial charge in [-0.05, 0) is 40.2 Å². The minimum atomic E-state index is -0.415. The Morgan fingerprint density at radius 2 is 1.87 bits per heavy atom. The Hall–Kier alpha value is -2.87. The van der Waals surface area contributed by atoms with E-state index in [0.717, 1.165) is 11.4 Å². The number of esters is 1.